The Kier molecular flexibility index (Phi) is 2.18. The summed E-state index contributed by atoms with van der Waals surface area (Å²) in [4.78, 5) is 0. The monoisotopic (exact) mass is 172 g/mol. The van der Waals surface area contributed by atoms with Gasteiger partial charge in [0.25, 0.3) is 0 Å². The van der Waals surface area contributed by atoms with Crippen LogP contribution in [0.1, 0.15) is 11.3 Å². The third-order valence-corrected chi connectivity index (χ3v) is 1.62. The standard InChI is InChI=1S/C10H8N2O/c1-2-4-9(5-3-1)6-7-10-8-13-12-11-10/h1-8H/b7-6+. The van der Waals surface area contributed by atoms with Crippen molar-refractivity contribution in [2.24, 2.45) is 0 Å². The van der Waals surface area contributed by atoms with Crippen LogP contribution in [-0.2, 0) is 0 Å². The van der Waals surface area contributed by atoms with Gasteiger partial charge in [0, 0.05) is 5.27 Å². The number of hydrogen-bond donors (Lipinski definition) is 0. The largest absolute Gasteiger partial charge is 0.345 e. The third kappa shape index (κ3) is 2.02. The van der Waals surface area contributed by atoms with Gasteiger partial charge < -0.3 is 4.52 Å². The molecule has 1 aromatic heterocycles. The molecule has 0 aliphatic rings. The van der Waals surface area contributed by atoms with Gasteiger partial charge in [0.15, 0.2) is 6.26 Å². The van der Waals surface area contributed by atoms with Crippen LogP contribution in [0.25, 0.3) is 12.2 Å². The molecule has 2 aromatic rings. The molecule has 0 amide bonds. The normalized spacial score (nSPS) is 10.8. The Morgan fingerprint density at radius 2 is 1.92 bits per heavy atom. The van der Waals surface area contributed by atoms with E-state index < -0.39 is 0 Å². The fraction of sp³-hybridized carbons (Fsp3) is 0. The molecule has 1 heterocycles. The van der Waals surface area contributed by atoms with Crippen LogP contribution in [0.15, 0.2) is 41.1 Å². The fourth-order valence-electron chi connectivity index (χ4n) is 0.990. The zero-order valence-corrected chi connectivity index (χ0v) is 6.92. The molecule has 0 saturated carbocycles. The van der Waals surface area contributed by atoms with Gasteiger partial charge in [-0.1, -0.05) is 36.4 Å². The minimum Gasteiger partial charge on any atom is -0.345 e. The Morgan fingerprint density at radius 3 is 2.62 bits per heavy atom. The second kappa shape index (κ2) is 3.67. The van der Waals surface area contributed by atoms with E-state index in [0.29, 0.717) is 0 Å². The van der Waals surface area contributed by atoms with E-state index in [1.807, 2.05) is 42.5 Å². The highest BCUT2D eigenvalue weighted by molar-refractivity contribution is 5.67. The zero-order valence-electron chi connectivity index (χ0n) is 6.92. The molecule has 0 N–H and O–H groups in total. The summed E-state index contributed by atoms with van der Waals surface area (Å²) in [6.07, 6.45) is 5.31. The lowest BCUT2D eigenvalue weighted by atomic mass is 10.2. The van der Waals surface area contributed by atoms with Gasteiger partial charge in [0.1, 0.15) is 5.69 Å². The first kappa shape index (κ1) is 7.73. The van der Waals surface area contributed by atoms with Crippen molar-refractivity contribution >= 4 is 12.2 Å². The van der Waals surface area contributed by atoms with E-state index in [9.17, 15) is 0 Å². The fourth-order valence-corrected chi connectivity index (χ4v) is 0.990. The average molecular weight is 172 g/mol. The van der Waals surface area contributed by atoms with Crippen LogP contribution in [0.5, 0.6) is 0 Å². The molecule has 0 unspecified atom stereocenters. The molecule has 64 valence electrons. The second-order valence-electron chi connectivity index (χ2n) is 2.57. The van der Waals surface area contributed by atoms with Gasteiger partial charge in [0.2, 0.25) is 0 Å². The van der Waals surface area contributed by atoms with Crippen LogP contribution in [0.4, 0.5) is 0 Å². The summed E-state index contributed by atoms with van der Waals surface area (Å²) in [5.74, 6) is 0. The first-order valence-corrected chi connectivity index (χ1v) is 3.95. The maximum Gasteiger partial charge on any atom is 0.151 e. The molecule has 3 heteroatoms. The molecule has 3 nitrogen and oxygen atoms in total. The van der Waals surface area contributed by atoms with Crippen molar-refractivity contribution < 1.29 is 4.52 Å². The molecule has 0 atom stereocenters. The van der Waals surface area contributed by atoms with Gasteiger partial charge in [-0.2, -0.15) is 0 Å². The Morgan fingerprint density at radius 1 is 1.08 bits per heavy atom. The van der Waals surface area contributed by atoms with Gasteiger partial charge in [-0.3, -0.25) is 0 Å². The molecular weight excluding hydrogens is 164 g/mol. The number of benzene rings is 1. The SMILES string of the molecule is C(=C\c1conn1)/c1ccccc1. The zero-order chi connectivity index (χ0) is 8.93. The van der Waals surface area contributed by atoms with Crippen molar-refractivity contribution in [3.05, 3.63) is 47.9 Å². The van der Waals surface area contributed by atoms with E-state index in [4.69, 9.17) is 0 Å². The molecule has 0 fully saturated rings. The summed E-state index contributed by atoms with van der Waals surface area (Å²) in [5.41, 5.74) is 1.86. The summed E-state index contributed by atoms with van der Waals surface area (Å²) in [7, 11) is 0. The van der Waals surface area contributed by atoms with Gasteiger partial charge >= 0.3 is 0 Å². The van der Waals surface area contributed by atoms with Crippen LogP contribution >= 0.6 is 0 Å². The molecular formula is C10H8N2O. The quantitative estimate of drug-likeness (QED) is 0.697. The van der Waals surface area contributed by atoms with E-state index in [1.54, 1.807) is 0 Å². The summed E-state index contributed by atoms with van der Waals surface area (Å²) in [6.45, 7) is 0. The molecule has 1 aromatic carbocycles. The van der Waals surface area contributed by atoms with Crippen molar-refractivity contribution in [3.63, 3.8) is 0 Å². The van der Waals surface area contributed by atoms with Gasteiger partial charge in [0.05, 0.1) is 0 Å². The van der Waals surface area contributed by atoms with E-state index in [1.165, 1.54) is 6.26 Å². The van der Waals surface area contributed by atoms with E-state index in [0.717, 1.165) is 11.3 Å². The molecule has 2 rings (SSSR count). The Labute approximate surface area is 75.7 Å². The maximum absolute atomic E-state index is 4.59. The Balaban J connectivity index is 2.15. The van der Waals surface area contributed by atoms with E-state index in [2.05, 4.69) is 14.9 Å². The summed E-state index contributed by atoms with van der Waals surface area (Å²) >= 11 is 0. The molecule has 0 spiro atoms. The summed E-state index contributed by atoms with van der Waals surface area (Å²) in [5, 5.41) is 7.09. The highest BCUT2D eigenvalue weighted by Crippen LogP contribution is 2.04. The Hall–Kier alpha value is -1.90. The molecule has 0 saturated heterocycles. The predicted molar refractivity (Wildman–Crippen MR) is 49.7 cm³/mol. The van der Waals surface area contributed by atoms with Gasteiger partial charge in [-0.25, -0.2) is 0 Å². The number of hydrogen-bond acceptors (Lipinski definition) is 3. The van der Waals surface area contributed by atoms with E-state index in [-0.39, 0.29) is 0 Å². The van der Waals surface area contributed by atoms with Crippen LogP contribution in [0.2, 0.25) is 0 Å². The van der Waals surface area contributed by atoms with E-state index >= 15 is 0 Å². The van der Waals surface area contributed by atoms with Crippen LogP contribution in [0.3, 0.4) is 0 Å². The van der Waals surface area contributed by atoms with Gasteiger partial charge in [-0.15, -0.1) is 5.10 Å². The van der Waals surface area contributed by atoms with Crippen LogP contribution in [0, 0.1) is 0 Å². The summed E-state index contributed by atoms with van der Waals surface area (Å²) in [6, 6.07) is 9.99. The molecule has 0 aliphatic heterocycles. The average Bonchev–Trinajstić information content (AvgIpc) is 2.69. The van der Waals surface area contributed by atoms with Crippen LogP contribution in [-0.4, -0.2) is 10.4 Å². The molecule has 0 aliphatic carbocycles. The topological polar surface area (TPSA) is 38.9 Å². The predicted octanol–water partition coefficient (Wildman–Crippen LogP) is 2.24. The minimum atomic E-state index is 0.726. The number of aromatic nitrogens is 2. The van der Waals surface area contributed by atoms with Gasteiger partial charge in [-0.05, 0) is 11.6 Å². The summed E-state index contributed by atoms with van der Waals surface area (Å²) < 4.78 is 4.59. The van der Waals surface area contributed by atoms with Crippen molar-refractivity contribution in [2.45, 2.75) is 0 Å². The van der Waals surface area contributed by atoms with Crippen molar-refractivity contribution in [2.75, 3.05) is 0 Å². The highest BCUT2D eigenvalue weighted by Gasteiger charge is 1.89. The van der Waals surface area contributed by atoms with Crippen molar-refractivity contribution in [1.29, 1.82) is 0 Å². The lowest BCUT2D eigenvalue weighted by molar-refractivity contribution is 0.393. The number of nitrogens with zero attached hydrogens (tertiary/aromatic N) is 2. The molecule has 13 heavy (non-hydrogen) atoms. The smallest absolute Gasteiger partial charge is 0.151 e. The van der Waals surface area contributed by atoms with Crippen molar-refractivity contribution in [3.8, 4) is 0 Å². The van der Waals surface area contributed by atoms with Crippen molar-refractivity contribution in [1.82, 2.24) is 10.4 Å². The second-order valence-corrected chi connectivity index (χ2v) is 2.57. The van der Waals surface area contributed by atoms with Crippen LogP contribution < -0.4 is 0 Å². The molecule has 0 radical (unpaired) electrons. The first-order chi connectivity index (χ1) is 6.45. The highest BCUT2D eigenvalue weighted by atomic mass is 16.5. The lowest BCUT2D eigenvalue weighted by Gasteiger charge is -1.88. The lowest BCUT2D eigenvalue weighted by Crippen LogP contribution is -1.71. The molecule has 0 bridgehead atoms. The maximum atomic E-state index is 4.59. The minimum absolute atomic E-state index is 0.726. The third-order valence-electron chi connectivity index (χ3n) is 1.62. The Bertz CT molecular complexity index is 379. The first-order valence-electron chi connectivity index (χ1n) is 3.95. The number of rotatable bonds is 2.